The number of hydrogen-bond acceptors (Lipinski definition) is 4. The molecular formula is C20H11ClN2O3. The zero-order chi connectivity index (χ0) is 18.6. The summed E-state index contributed by atoms with van der Waals surface area (Å²) in [6.07, 6.45) is 0. The van der Waals surface area contributed by atoms with E-state index in [2.05, 4.69) is 0 Å². The Morgan fingerprint density at radius 1 is 1.08 bits per heavy atom. The van der Waals surface area contributed by atoms with Gasteiger partial charge < -0.3 is 5.11 Å². The Bertz CT molecular complexity index is 1180. The van der Waals surface area contributed by atoms with E-state index in [9.17, 15) is 14.7 Å². The number of imide groups is 1. The van der Waals surface area contributed by atoms with Crippen molar-refractivity contribution in [3.63, 3.8) is 0 Å². The molecule has 0 aliphatic carbocycles. The van der Waals surface area contributed by atoms with Crippen molar-refractivity contribution in [3.8, 4) is 11.8 Å². The highest BCUT2D eigenvalue weighted by molar-refractivity contribution is 6.40. The van der Waals surface area contributed by atoms with Crippen LogP contribution in [0, 0.1) is 18.3 Å². The van der Waals surface area contributed by atoms with Gasteiger partial charge in [-0.15, -0.1) is 0 Å². The van der Waals surface area contributed by atoms with Gasteiger partial charge >= 0.3 is 0 Å². The molecule has 0 radical (unpaired) electrons. The largest absolute Gasteiger partial charge is 0.508 e. The molecule has 0 unspecified atom stereocenters. The van der Waals surface area contributed by atoms with E-state index < -0.39 is 11.8 Å². The van der Waals surface area contributed by atoms with Crippen LogP contribution in [0.3, 0.4) is 0 Å². The van der Waals surface area contributed by atoms with Crippen LogP contribution in [0.1, 0.15) is 31.8 Å². The van der Waals surface area contributed by atoms with Gasteiger partial charge in [0.1, 0.15) is 5.75 Å². The number of anilines is 1. The van der Waals surface area contributed by atoms with Gasteiger partial charge in [-0.1, -0.05) is 23.7 Å². The molecule has 2 amide bonds. The fourth-order valence-corrected chi connectivity index (χ4v) is 3.46. The minimum absolute atomic E-state index is 0.0239. The molecule has 1 aliphatic rings. The number of amides is 2. The SMILES string of the molecule is Cc1c(O)cc2c3c(cccc13)C(=O)N(c1cc(C#N)ccc1Cl)C2=O. The first-order valence-electron chi connectivity index (χ1n) is 7.77. The molecule has 0 aromatic heterocycles. The number of phenols is 1. The normalized spacial score (nSPS) is 13.2. The number of carbonyl (C=O) groups is 2. The van der Waals surface area contributed by atoms with Gasteiger partial charge in [0.05, 0.1) is 27.9 Å². The minimum Gasteiger partial charge on any atom is -0.508 e. The third kappa shape index (κ3) is 2.10. The van der Waals surface area contributed by atoms with Gasteiger partial charge in [0, 0.05) is 10.9 Å². The van der Waals surface area contributed by atoms with Crippen LogP contribution in [-0.4, -0.2) is 16.9 Å². The summed E-state index contributed by atoms with van der Waals surface area (Å²) in [5.74, 6) is -1.13. The van der Waals surface area contributed by atoms with E-state index in [0.29, 0.717) is 21.9 Å². The van der Waals surface area contributed by atoms with Gasteiger partial charge in [-0.2, -0.15) is 5.26 Å². The van der Waals surface area contributed by atoms with E-state index in [-0.39, 0.29) is 27.6 Å². The molecule has 3 aromatic carbocycles. The van der Waals surface area contributed by atoms with Crippen molar-refractivity contribution in [3.05, 3.63) is 69.7 Å². The van der Waals surface area contributed by atoms with Crippen LogP contribution in [0.2, 0.25) is 5.02 Å². The molecule has 4 rings (SSSR count). The molecule has 3 aromatic rings. The number of aryl methyl sites for hydroxylation is 1. The summed E-state index contributed by atoms with van der Waals surface area (Å²) in [7, 11) is 0. The number of benzene rings is 3. The highest BCUT2D eigenvalue weighted by atomic mass is 35.5. The Labute approximate surface area is 153 Å². The average molecular weight is 363 g/mol. The Morgan fingerprint density at radius 3 is 2.54 bits per heavy atom. The Hall–Kier alpha value is -3.36. The van der Waals surface area contributed by atoms with Crippen LogP contribution in [0.5, 0.6) is 5.75 Å². The molecule has 0 saturated carbocycles. The Balaban J connectivity index is 2.04. The van der Waals surface area contributed by atoms with Crippen LogP contribution in [0.15, 0.2) is 42.5 Å². The second-order valence-corrected chi connectivity index (χ2v) is 6.43. The van der Waals surface area contributed by atoms with E-state index >= 15 is 0 Å². The van der Waals surface area contributed by atoms with E-state index in [1.807, 2.05) is 6.07 Å². The van der Waals surface area contributed by atoms with Gasteiger partial charge in [0.25, 0.3) is 11.8 Å². The molecule has 5 nitrogen and oxygen atoms in total. The number of aromatic hydroxyl groups is 1. The number of phenolic OH excluding ortho intramolecular Hbond substituents is 1. The third-order valence-electron chi connectivity index (χ3n) is 4.59. The lowest BCUT2D eigenvalue weighted by atomic mass is 9.91. The fraction of sp³-hybridized carbons (Fsp3) is 0.0500. The lowest BCUT2D eigenvalue weighted by molar-refractivity contribution is 0.0893. The maximum Gasteiger partial charge on any atom is 0.266 e. The number of nitrogens with zero attached hydrogens (tertiary/aromatic N) is 2. The fourth-order valence-electron chi connectivity index (χ4n) is 3.26. The van der Waals surface area contributed by atoms with Gasteiger partial charge in [0.15, 0.2) is 0 Å². The number of hydrogen-bond donors (Lipinski definition) is 1. The third-order valence-corrected chi connectivity index (χ3v) is 4.91. The van der Waals surface area contributed by atoms with Crippen LogP contribution < -0.4 is 4.90 Å². The van der Waals surface area contributed by atoms with Gasteiger partial charge in [-0.05, 0) is 48.2 Å². The Kier molecular flexibility index (Phi) is 3.46. The van der Waals surface area contributed by atoms with Crippen LogP contribution >= 0.6 is 11.6 Å². The quantitative estimate of drug-likeness (QED) is 0.658. The maximum absolute atomic E-state index is 13.1. The summed E-state index contributed by atoms with van der Waals surface area (Å²) in [6, 6.07) is 12.8. The summed E-state index contributed by atoms with van der Waals surface area (Å²) in [6.45, 7) is 1.73. The van der Waals surface area contributed by atoms with Gasteiger partial charge in [-0.25, -0.2) is 4.90 Å². The average Bonchev–Trinajstić information content (AvgIpc) is 2.64. The van der Waals surface area contributed by atoms with E-state index in [1.165, 1.54) is 24.3 Å². The molecule has 1 N–H and O–H groups in total. The molecule has 0 spiro atoms. The summed E-state index contributed by atoms with van der Waals surface area (Å²) >= 11 is 6.20. The minimum atomic E-state index is -0.592. The highest BCUT2D eigenvalue weighted by Gasteiger charge is 2.36. The predicted octanol–water partition coefficient (Wildman–Crippen LogP) is 4.18. The molecule has 0 fully saturated rings. The van der Waals surface area contributed by atoms with Crippen LogP contribution in [0.4, 0.5) is 5.69 Å². The van der Waals surface area contributed by atoms with Crippen molar-refractivity contribution in [1.29, 1.82) is 5.26 Å². The smallest absolute Gasteiger partial charge is 0.266 e. The van der Waals surface area contributed by atoms with Gasteiger partial charge in [-0.3, -0.25) is 9.59 Å². The van der Waals surface area contributed by atoms with Crippen molar-refractivity contribution in [2.45, 2.75) is 6.92 Å². The monoisotopic (exact) mass is 362 g/mol. The first kappa shape index (κ1) is 16.1. The van der Waals surface area contributed by atoms with Crippen molar-refractivity contribution in [2.75, 3.05) is 4.90 Å². The molecule has 6 heteroatoms. The zero-order valence-electron chi connectivity index (χ0n) is 13.6. The van der Waals surface area contributed by atoms with Crippen molar-refractivity contribution in [1.82, 2.24) is 0 Å². The summed E-state index contributed by atoms with van der Waals surface area (Å²) in [5, 5.41) is 20.7. The lowest BCUT2D eigenvalue weighted by Gasteiger charge is -2.28. The number of rotatable bonds is 1. The number of carbonyl (C=O) groups excluding carboxylic acids is 2. The molecule has 26 heavy (non-hydrogen) atoms. The molecule has 0 saturated heterocycles. The molecule has 126 valence electrons. The van der Waals surface area contributed by atoms with E-state index in [0.717, 1.165) is 4.90 Å². The van der Waals surface area contributed by atoms with Crippen LogP contribution in [-0.2, 0) is 0 Å². The van der Waals surface area contributed by atoms with Gasteiger partial charge in [0.2, 0.25) is 0 Å². The van der Waals surface area contributed by atoms with Crippen molar-refractivity contribution >= 4 is 39.9 Å². The molecule has 1 heterocycles. The molecule has 0 bridgehead atoms. The second kappa shape index (κ2) is 5.58. The first-order chi connectivity index (χ1) is 12.4. The summed E-state index contributed by atoms with van der Waals surface area (Å²) in [5.41, 5.74) is 1.59. The zero-order valence-corrected chi connectivity index (χ0v) is 14.3. The topological polar surface area (TPSA) is 81.4 Å². The predicted molar refractivity (Wildman–Crippen MR) is 97.7 cm³/mol. The lowest BCUT2D eigenvalue weighted by Crippen LogP contribution is -2.40. The standard InChI is InChI=1S/C20H11ClN2O3/c1-10-12-3-2-4-13-18(12)14(8-17(10)24)20(26)23(19(13)25)16-7-11(9-22)5-6-15(16)21/h2-8,24H,1H3. The van der Waals surface area contributed by atoms with E-state index in [4.69, 9.17) is 16.9 Å². The molecular weight excluding hydrogens is 352 g/mol. The second-order valence-electron chi connectivity index (χ2n) is 6.02. The highest BCUT2D eigenvalue weighted by Crippen LogP contribution is 2.39. The van der Waals surface area contributed by atoms with Crippen molar-refractivity contribution < 1.29 is 14.7 Å². The molecule has 0 atom stereocenters. The summed E-state index contributed by atoms with van der Waals surface area (Å²) in [4.78, 5) is 27.1. The molecule has 1 aliphatic heterocycles. The van der Waals surface area contributed by atoms with Crippen molar-refractivity contribution in [2.24, 2.45) is 0 Å². The first-order valence-corrected chi connectivity index (χ1v) is 8.15. The Morgan fingerprint density at radius 2 is 1.81 bits per heavy atom. The van der Waals surface area contributed by atoms with Crippen LogP contribution in [0.25, 0.3) is 10.8 Å². The maximum atomic E-state index is 13.1. The van der Waals surface area contributed by atoms with E-state index in [1.54, 1.807) is 25.1 Å². The number of halogens is 1. The summed E-state index contributed by atoms with van der Waals surface area (Å²) < 4.78 is 0. The number of nitriles is 1.